The maximum Gasteiger partial charge on any atom is 0.239 e. The molecule has 0 fully saturated rings. The topological polar surface area (TPSA) is 88.7 Å². The Bertz CT molecular complexity index is 467. The summed E-state index contributed by atoms with van der Waals surface area (Å²) >= 11 is 0. The molecule has 0 aliphatic carbocycles. The Hall–Kier alpha value is -2.53. The number of hydrogen-bond donors (Lipinski definition) is 2. The minimum Gasteiger partial charge on any atom is -0.376 e. The molecule has 0 spiro atoms. The molecule has 0 radical (unpaired) electrons. The Labute approximate surface area is 106 Å². The van der Waals surface area contributed by atoms with E-state index in [1.165, 1.54) is 0 Å². The second kappa shape index (κ2) is 7.70. The van der Waals surface area contributed by atoms with Crippen molar-refractivity contribution >= 4 is 11.6 Å². The van der Waals surface area contributed by atoms with Crippen molar-refractivity contribution in [2.24, 2.45) is 0 Å². The van der Waals surface area contributed by atoms with Crippen molar-refractivity contribution in [3.8, 4) is 12.1 Å². The molecule has 0 atom stereocenters. The summed E-state index contributed by atoms with van der Waals surface area (Å²) in [6, 6.07) is 11.4. The highest BCUT2D eigenvalue weighted by Crippen LogP contribution is 2.09. The van der Waals surface area contributed by atoms with Crippen LogP contribution >= 0.6 is 0 Å². The van der Waals surface area contributed by atoms with Crippen LogP contribution in [-0.2, 0) is 11.2 Å². The van der Waals surface area contributed by atoms with Gasteiger partial charge in [-0.25, -0.2) is 0 Å². The first-order chi connectivity index (χ1) is 8.76. The van der Waals surface area contributed by atoms with Crippen molar-refractivity contribution in [3.05, 3.63) is 29.8 Å². The van der Waals surface area contributed by atoms with Gasteiger partial charge in [0.1, 0.15) is 0 Å². The monoisotopic (exact) mass is 242 g/mol. The minimum atomic E-state index is -0.147. The second-order valence-electron chi connectivity index (χ2n) is 3.64. The lowest BCUT2D eigenvalue weighted by Crippen LogP contribution is -2.30. The molecule has 0 aliphatic heterocycles. The summed E-state index contributed by atoms with van der Waals surface area (Å²) in [6.07, 6.45) is 0.698. The van der Waals surface area contributed by atoms with Gasteiger partial charge in [0.05, 0.1) is 31.5 Å². The maximum absolute atomic E-state index is 11.3. The predicted molar refractivity (Wildman–Crippen MR) is 67.5 cm³/mol. The van der Waals surface area contributed by atoms with Crippen molar-refractivity contribution in [2.45, 2.75) is 12.8 Å². The third kappa shape index (κ3) is 5.00. The predicted octanol–water partition coefficient (Wildman–Crippen LogP) is 1.19. The lowest BCUT2D eigenvalue weighted by atomic mass is 10.1. The molecule has 0 aliphatic rings. The molecular formula is C13H14N4O. The summed E-state index contributed by atoms with van der Waals surface area (Å²) in [5.74, 6) is -0.147. The van der Waals surface area contributed by atoms with Gasteiger partial charge in [0.15, 0.2) is 0 Å². The van der Waals surface area contributed by atoms with E-state index in [9.17, 15) is 4.79 Å². The zero-order valence-electron chi connectivity index (χ0n) is 9.94. The number of carbonyl (C=O) groups is 1. The molecule has 92 valence electrons. The molecule has 5 heteroatoms. The van der Waals surface area contributed by atoms with Crippen molar-refractivity contribution in [2.75, 3.05) is 18.4 Å². The summed E-state index contributed by atoms with van der Waals surface area (Å²) in [4.78, 5) is 11.3. The number of rotatable bonds is 6. The summed E-state index contributed by atoms with van der Waals surface area (Å²) in [5, 5.41) is 22.4. The molecule has 0 aromatic heterocycles. The maximum atomic E-state index is 11.3. The van der Waals surface area contributed by atoms with Crippen LogP contribution in [0.25, 0.3) is 0 Å². The summed E-state index contributed by atoms with van der Waals surface area (Å²) in [5.41, 5.74) is 1.77. The molecule has 0 unspecified atom stereocenters. The number of carbonyl (C=O) groups excluding carboxylic acids is 1. The molecule has 0 bridgehead atoms. The van der Waals surface area contributed by atoms with Gasteiger partial charge in [0, 0.05) is 12.2 Å². The average molecular weight is 242 g/mol. The molecule has 1 rings (SSSR count). The summed E-state index contributed by atoms with van der Waals surface area (Å²) in [6.45, 7) is 0.543. The lowest BCUT2D eigenvalue weighted by Gasteiger charge is -2.07. The number of nitriles is 2. The molecule has 5 nitrogen and oxygen atoms in total. The van der Waals surface area contributed by atoms with Gasteiger partial charge < -0.3 is 10.6 Å². The fourth-order valence-electron chi connectivity index (χ4n) is 1.33. The highest BCUT2D eigenvalue weighted by Gasteiger charge is 2.00. The zero-order chi connectivity index (χ0) is 13.2. The van der Waals surface area contributed by atoms with E-state index >= 15 is 0 Å². The van der Waals surface area contributed by atoms with Gasteiger partial charge in [-0.1, -0.05) is 12.1 Å². The Morgan fingerprint density at radius 3 is 2.50 bits per heavy atom. The first kappa shape index (κ1) is 13.5. The average Bonchev–Trinajstić information content (AvgIpc) is 2.39. The fourth-order valence-corrected chi connectivity index (χ4v) is 1.33. The van der Waals surface area contributed by atoms with Crippen LogP contribution in [0.4, 0.5) is 5.69 Å². The van der Waals surface area contributed by atoms with Crippen LogP contribution in [0.5, 0.6) is 0 Å². The van der Waals surface area contributed by atoms with Gasteiger partial charge >= 0.3 is 0 Å². The van der Waals surface area contributed by atoms with Gasteiger partial charge in [-0.05, 0) is 17.7 Å². The Morgan fingerprint density at radius 2 is 1.89 bits per heavy atom. The van der Waals surface area contributed by atoms with E-state index in [4.69, 9.17) is 10.5 Å². The van der Waals surface area contributed by atoms with Gasteiger partial charge in [0.2, 0.25) is 5.91 Å². The largest absolute Gasteiger partial charge is 0.376 e. The number of amides is 1. The van der Waals surface area contributed by atoms with E-state index < -0.39 is 0 Å². The van der Waals surface area contributed by atoms with Gasteiger partial charge in [-0.3, -0.25) is 4.79 Å². The quantitative estimate of drug-likeness (QED) is 0.733. The van der Waals surface area contributed by atoms with E-state index in [1.807, 2.05) is 30.3 Å². The lowest BCUT2D eigenvalue weighted by molar-refractivity contribution is -0.119. The summed E-state index contributed by atoms with van der Waals surface area (Å²) in [7, 11) is 0. The van der Waals surface area contributed by atoms with Crippen LogP contribution in [0.3, 0.4) is 0 Å². The van der Waals surface area contributed by atoms with Crippen LogP contribution < -0.4 is 10.6 Å². The van der Waals surface area contributed by atoms with Crippen molar-refractivity contribution < 1.29 is 4.79 Å². The highest BCUT2D eigenvalue weighted by atomic mass is 16.1. The Kier molecular flexibility index (Phi) is 5.79. The van der Waals surface area contributed by atoms with Crippen LogP contribution in [0.2, 0.25) is 0 Å². The van der Waals surface area contributed by atoms with Crippen LogP contribution in [0.15, 0.2) is 24.3 Å². The smallest absolute Gasteiger partial charge is 0.239 e. The highest BCUT2D eigenvalue weighted by molar-refractivity contribution is 5.80. The first-order valence-corrected chi connectivity index (χ1v) is 5.59. The zero-order valence-corrected chi connectivity index (χ0v) is 9.94. The number of nitrogens with one attached hydrogen (secondary N) is 2. The molecule has 1 amide bonds. The van der Waals surface area contributed by atoms with Crippen LogP contribution in [-0.4, -0.2) is 19.0 Å². The van der Waals surface area contributed by atoms with Gasteiger partial charge in [-0.15, -0.1) is 0 Å². The molecule has 2 N–H and O–H groups in total. The normalized spacial score (nSPS) is 9.00. The summed E-state index contributed by atoms with van der Waals surface area (Å²) < 4.78 is 0. The number of benzene rings is 1. The molecule has 0 saturated heterocycles. The molecule has 18 heavy (non-hydrogen) atoms. The van der Waals surface area contributed by atoms with Crippen molar-refractivity contribution in [1.82, 2.24) is 5.32 Å². The molecule has 0 heterocycles. The van der Waals surface area contributed by atoms with E-state index in [2.05, 4.69) is 16.7 Å². The molecule has 1 aromatic carbocycles. The Morgan fingerprint density at radius 1 is 1.17 bits per heavy atom. The number of nitrogens with zero attached hydrogens (tertiary/aromatic N) is 2. The van der Waals surface area contributed by atoms with Crippen LogP contribution in [0.1, 0.15) is 12.0 Å². The second-order valence-corrected chi connectivity index (χ2v) is 3.64. The van der Waals surface area contributed by atoms with E-state index in [0.717, 1.165) is 11.3 Å². The van der Waals surface area contributed by atoms with E-state index in [-0.39, 0.29) is 12.5 Å². The van der Waals surface area contributed by atoms with Crippen molar-refractivity contribution in [3.63, 3.8) is 0 Å². The molecular weight excluding hydrogens is 228 g/mol. The molecule has 0 saturated carbocycles. The standard InChI is InChI=1S/C13H14N4O/c14-7-1-9-16-13(18)10-17-12-4-2-11(3-5-12)6-8-15/h2-5,17H,1,6,9-10H2,(H,16,18). The minimum absolute atomic E-state index is 0.147. The molecule has 1 aromatic rings. The van der Waals surface area contributed by atoms with Gasteiger partial charge in [-0.2, -0.15) is 10.5 Å². The van der Waals surface area contributed by atoms with Crippen molar-refractivity contribution in [1.29, 1.82) is 10.5 Å². The first-order valence-electron chi connectivity index (χ1n) is 5.59. The third-order valence-electron chi connectivity index (χ3n) is 2.25. The number of hydrogen-bond acceptors (Lipinski definition) is 4. The fraction of sp³-hybridized carbons (Fsp3) is 0.308. The van der Waals surface area contributed by atoms with Gasteiger partial charge in [0.25, 0.3) is 0 Å². The number of anilines is 1. The van der Waals surface area contributed by atoms with E-state index in [0.29, 0.717) is 19.4 Å². The Balaban J connectivity index is 2.33. The third-order valence-corrected chi connectivity index (χ3v) is 2.25. The van der Waals surface area contributed by atoms with E-state index in [1.54, 1.807) is 0 Å². The SMILES string of the molecule is N#CCCNC(=O)CNc1ccc(CC#N)cc1. The van der Waals surface area contributed by atoms with Crippen LogP contribution in [0, 0.1) is 22.7 Å².